The normalized spacial score (nSPS) is 19.1. The number of morpholine rings is 1. The first-order valence-corrected chi connectivity index (χ1v) is 8.17. The van der Waals surface area contributed by atoms with E-state index in [2.05, 4.69) is 19.8 Å². The molecule has 2 aliphatic rings. The van der Waals surface area contributed by atoms with E-state index >= 15 is 0 Å². The molecule has 0 amide bonds. The van der Waals surface area contributed by atoms with Gasteiger partial charge in [-0.15, -0.1) is 5.10 Å². The lowest BCUT2D eigenvalue weighted by atomic mass is 10.3. The minimum atomic E-state index is 0.689. The first kappa shape index (κ1) is 14.0. The summed E-state index contributed by atoms with van der Waals surface area (Å²) in [6, 6.07) is 5.75. The van der Waals surface area contributed by atoms with Crippen molar-refractivity contribution < 1.29 is 9.31 Å². The fourth-order valence-electron chi connectivity index (χ4n) is 3.19. The van der Waals surface area contributed by atoms with Crippen molar-refractivity contribution in [2.75, 3.05) is 39.4 Å². The third-order valence-electron chi connectivity index (χ3n) is 4.28. The molecule has 6 nitrogen and oxygen atoms in total. The van der Waals surface area contributed by atoms with Gasteiger partial charge in [0.1, 0.15) is 5.52 Å². The Morgan fingerprint density at radius 3 is 2.73 bits per heavy atom. The van der Waals surface area contributed by atoms with Crippen LogP contribution < -0.4 is 0 Å². The Morgan fingerprint density at radius 1 is 1.18 bits per heavy atom. The van der Waals surface area contributed by atoms with Gasteiger partial charge in [-0.3, -0.25) is 9.48 Å². The van der Waals surface area contributed by atoms with Crippen molar-refractivity contribution in [2.24, 2.45) is 0 Å². The molecular weight excluding hydrogens is 302 g/mol. The molecule has 0 atom stereocenters. The van der Waals surface area contributed by atoms with Crippen LogP contribution in [0.25, 0.3) is 11.0 Å². The van der Waals surface area contributed by atoms with Crippen LogP contribution in [0.15, 0.2) is 18.2 Å². The van der Waals surface area contributed by atoms with E-state index in [1.54, 1.807) is 0 Å². The number of fused-ring (bicyclic) bond motifs is 1. The molecule has 22 heavy (non-hydrogen) atoms. The van der Waals surface area contributed by atoms with E-state index in [0.717, 1.165) is 56.4 Å². The Kier molecular flexibility index (Phi) is 3.72. The topological polar surface area (TPSA) is 46.2 Å². The molecule has 116 valence electrons. The van der Waals surface area contributed by atoms with Gasteiger partial charge in [0.05, 0.1) is 39.4 Å². The van der Waals surface area contributed by atoms with Gasteiger partial charge in [0.25, 0.3) is 0 Å². The zero-order chi connectivity index (χ0) is 14.9. The molecule has 4 rings (SSSR count). The second-order valence-corrected chi connectivity index (χ2v) is 6.16. The predicted molar refractivity (Wildman–Crippen MR) is 84.6 cm³/mol. The molecule has 2 aromatic rings. The van der Waals surface area contributed by atoms with Gasteiger partial charge >= 0.3 is 5.96 Å². The van der Waals surface area contributed by atoms with Gasteiger partial charge in [0, 0.05) is 10.2 Å². The molecule has 2 aliphatic heterocycles. The van der Waals surface area contributed by atoms with Crippen LogP contribution in [0, 0.1) is 0 Å². The Balaban J connectivity index is 1.84. The van der Waals surface area contributed by atoms with Gasteiger partial charge in [-0.05, 0) is 31.0 Å². The lowest BCUT2D eigenvalue weighted by Gasteiger charge is -2.25. The lowest BCUT2D eigenvalue weighted by Crippen LogP contribution is -2.48. The first-order valence-electron chi connectivity index (χ1n) is 7.79. The van der Waals surface area contributed by atoms with Gasteiger partial charge in [0.2, 0.25) is 0 Å². The van der Waals surface area contributed by atoms with Crippen molar-refractivity contribution in [1.82, 2.24) is 19.9 Å². The third-order valence-corrected chi connectivity index (χ3v) is 4.51. The van der Waals surface area contributed by atoms with Crippen LogP contribution in [0.1, 0.15) is 12.8 Å². The fourth-order valence-corrected chi connectivity index (χ4v) is 3.36. The number of ether oxygens (including phenoxy) is 1. The summed E-state index contributed by atoms with van der Waals surface area (Å²) in [6.07, 6.45) is 2.46. The predicted octanol–water partition coefficient (Wildman–Crippen LogP) is 1.43. The second kappa shape index (κ2) is 5.85. The van der Waals surface area contributed by atoms with E-state index in [-0.39, 0.29) is 0 Å². The average molecular weight is 321 g/mol. The van der Waals surface area contributed by atoms with Crippen molar-refractivity contribution in [1.29, 1.82) is 0 Å². The second-order valence-electron chi connectivity index (χ2n) is 5.73. The monoisotopic (exact) mass is 320 g/mol. The molecule has 2 fully saturated rings. The molecule has 1 aromatic heterocycles. The average Bonchev–Trinajstić information content (AvgIpc) is 3.19. The van der Waals surface area contributed by atoms with Crippen molar-refractivity contribution >= 4 is 28.6 Å². The smallest absolute Gasteiger partial charge is 0.375 e. The molecule has 2 saturated heterocycles. The van der Waals surface area contributed by atoms with E-state index in [1.807, 2.05) is 22.9 Å². The molecule has 0 spiro atoms. The quantitative estimate of drug-likeness (QED) is 0.544. The Hall–Kier alpha value is -1.66. The zero-order valence-corrected chi connectivity index (χ0v) is 13.2. The van der Waals surface area contributed by atoms with Crippen LogP contribution in [-0.4, -0.2) is 69.8 Å². The van der Waals surface area contributed by atoms with E-state index in [4.69, 9.17) is 16.3 Å². The molecule has 0 saturated carbocycles. The van der Waals surface area contributed by atoms with Crippen molar-refractivity contribution in [2.45, 2.75) is 12.8 Å². The number of benzene rings is 1. The van der Waals surface area contributed by atoms with Gasteiger partial charge < -0.3 is 4.74 Å². The summed E-state index contributed by atoms with van der Waals surface area (Å²) in [7, 11) is 0. The minimum Gasteiger partial charge on any atom is -0.375 e. The van der Waals surface area contributed by atoms with Gasteiger partial charge in [0.15, 0.2) is 5.52 Å². The maximum absolute atomic E-state index is 6.06. The summed E-state index contributed by atoms with van der Waals surface area (Å²) in [5.74, 6) is 1.13. The largest absolute Gasteiger partial charge is 0.381 e. The summed E-state index contributed by atoms with van der Waals surface area (Å²) in [5, 5.41) is 9.38. The standard InChI is InChI=1S/C15H19ClN5O/c16-12-3-4-14-13(11-12)17-18-21(14)15(19-5-1-2-6-19)20-7-9-22-10-8-20/h3-4,11H,1-2,5-10H2/q+1. The molecule has 7 heteroatoms. The lowest BCUT2D eigenvalue weighted by molar-refractivity contribution is -0.513. The molecule has 1 aromatic carbocycles. The van der Waals surface area contributed by atoms with Crippen LogP contribution in [0.5, 0.6) is 0 Å². The van der Waals surface area contributed by atoms with E-state index in [0.29, 0.717) is 5.02 Å². The highest BCUT2D eigenvalue weighted by Crippen LogP contribution is 2.18. The van der Waals surface area contributed by atoms with Crippen molar-refractivity contribution in [3.8, 4) is 0 Å². The van der Waals surface area contributed by atoms with Gasteiger partial charge in [-0.1, -0.05) is 16.3 Å². The molecule has 0 bridgehead atoms. The van der Waals surface area contributed by atoms with Crippen LogP contribution in [0.4, 0.5) is 0 Å². The Bertz CT molecular complexity index is 712. The van der Waals surface area contributed by atoms with Crippen LogP contribution in [0.3, 0.4) is 0 Å². The highest BCUT2D eigenvalue weighted by molar-refractivity contribution is 6.31. The molecule has 0 radical (unpaired) electrons. The van der Waals surface area contributed by atoms with Gasteiger partial charge in [-0.2, -0.15) is 0 Å². The molecule has 3 heterocycles. The summed E-state index contributed by atoms with van der Waals surface area (Å²) in [5.41, 5.74) is 1.83. The third kappa shape index (κ3) is 2.46. The van der Waals surface area contributed by atoms with E-state index in [9.17, 15) is 0 Å². The van der Waals surface area contributed by atoms with Crippen LogP contribution in [-0.2, 0) is 4.74 Å². The molecular formula is C15H19ClN5O+. The summed E-state index contributed by atoms with van der Waals surface area (Å²) in [6.45, 7) is 5.44. The van der Waals surface area contributed by atoms with Crippen molar-refractivity contribution in [3.05, 3.63) is 23.2 Å². The van der Waals surface area contributed by atoms with Crippen LogP contribution >= 0.6 is 11.6 Å². The van der Waals surface area contributed by atoms with Crippen LogP contribution in [0.2, 0.25) is 5.02 Å². The van der Waals surface area contributed by atoms with E-state index in [1.165, 1.54) is 12.8 Å². The minimum absolute atomic E-state index is 0.689. The van der Waals surface area contributed by atoms with Crippen molar-refractivity contribution in [3.63, 3.8) is 0 Å². The molecule has 0 unspecified atom stereocenters. The maximum atomic E-state index is 6.06. The Labute approximate surface area is 133 Å². The zero-order valence-electron chi connectivity index (χ0n) is 12.4. The highest BCUT2D eigenvalue weighted by Gasteiger charge is 2.31. The highest BCUT2D eigenvalue weighted by atomic mass is 35.5. The van der Waals surface area contributed by atoms with E-state index < -0.39 is 0 Å². The number of rotatable bonds is 0. The first-order chi connectivity index (χ1) is 10.8. The SMILES string of the molecule is Clc1ccc2c(c1)nnn2C(N1CCOCC1)=[N+]1CCCC1. The molecule has 0 aliphatic carbocycles. The number of hydrogen-bond donors (Lipinski definition) is 0. The maximum Gasteiger partial charge on any atom is 0.381 e. The number of nitrogens with zero attached hydrogens (tertiary/aromatic N) is 5. The number of halogens is 1. The Morgan fingerprint density at radius 2 is 1.95 bits per heavy atom. The summed E-state index contributed by atoms with van der Waals surface area (Å²) >= 11 is 6.06. The summed E-state index contributed by atoms with van der Waals surface area (Å²) in [4.78, 5) is 2.36. The number of aromatic nitrogens is 3. The number of hydrogen-bond acceptors (Lipinski definition) is 3. The molecule has 0 N–H and O–H groups in total. The summed E-state index contributed by atoms with van der Waals surface area (Å²) < 4.78 is 9.87. The fraction of sp³-hybridized carbons (Fsp3) is 0.533. The van der Waals surface area contributed by atoms with Gasteiger partial charge in [-0.25, -0.2) is 0 Å².